The molecule has 0 N–H and O–H groups in total. The average molecular weight is 599 g/mol. The van der Waals surface area contributed by atoms with Gasteiger partial charge in [0.2, 0.25) is 0 Å². The van der Waals surface area contributed by atoms with Crippen LogP contribution in [0.5, 0.6) is 0 Å². The van der Waals surface area contributed by atoms with Gasteiger partial charge in [-0.2, -0.15) is 0 Å². The van der Waals surface area contributed by atoms with E-state index in [2.05, 4.69) is 166 Å². The molecule has 0 saturated heterocycles. The van der Waals surface area contributed by atoms with Crippen LogP contribution < -0.4 is 0 Å². The van der Waals surface area contributed by atoms with Crippen LogP contribution in [0.25, 0.3) is 55.6 Å². The summed E-state index contributed by atoms with van der Waals surface area (Å²) >= 11 is 0. The maximum absolute atomic E-state index is 2.44. The molecule has 0 spiro atoms. The van der Waals surface area contributed by atoms with Gasteiger partial charge in [0.1, 0.15) is 0 Å². The second-order valence-corrected chi connectivity index (χ2v) is 13.9. The lowest BCUT2D eigenvalue weighted by molar-refractivity contribution is 1.34. The van der Waals surface area contributed by atoms with Crippen LogP contribution >= 0.6 is 0 Å². The lowest BCUT2D eigenvalue weighted by atomic mass is 9.83. The highest BCUT2D eigenvalue weighted by atomic mass is 14.2. The van der Waals surface area contributed by atoms with E-state index in [0.717, 1.165) is 0 Å². The van der Waals surface area contributed by atoms with Gasteiger partial charge in [-0.25, -0.2) is 0 Å². The Labute approximate surface area is 276 Å². The van der Waals surface area contributed by atoms with Crippen LogP contribution in [0.4, 0.5) is 0 Å². The maximum Gasteiger partial charge on any atom is -0.0139 e. The van der Waals surface area contributed by atoms with Gasteiger partial charge < -0.3 is 0 Å². The highest BCUT2D eigenvalue weighted by molar-refractivity contribution is 5.91. The summed E-state index contributed by atoms with van der Waals surface area (Å²) in [6.07, 6.45) is 0. The smallest absolute Gasteiger partial charge is 0.0139 e. The molecule has 0 aromatic heterocycles. The topological polar surface area (TPSA) is 0 Å². The highest BCUT2D eigenvalue weighted by Gasteiger charge is 2.19. The van der Waals surface area contributed by atoms with Crippen molar-refractivity contribution in [2.24, 2.45) is 0 Å². The van der Waals surface area contributed by atoms with Crippen LogP contribution in [0, 0.1) is 69.2 Å². The van der Waals surface area contributed by atoms with Gasteiger partial charge in [-0.05, 0) is 160 Å². The van der Waals surface area contributed by atoms with E-state index in [4.69, 9.17) is 0 Å². The molecule has 0 saturated carbocycles. The van der Waals surface area contributed by atoms with E-state index in [1.165, 1.54) is 111 Å². The predicted molar refractivity (Wildman–Crippen MR) is 201 cm³/mol. The zero-order valence-electron chi connectivity index (χ0n) is 29.2. The zero-order valence-corrected chi connectivity index (χ0v) is 29.2. The Kier molecular flexibility index (Phi) is 8.34. The van der Waals surface area contributed by atoms with Gasteiger partial charge in [-0.15, -0.1) is 0 Å². The third kappa shape index (κ3) is 6.35. The summed E-state index contributed by atoms with van der Waals surface area (Å²) in [5.74, 6) is 0. The van der Waals surface area contributed by atoms with Gasteiger partial charge in [-0.1, -0.05) is 117 Å². The summed E-state index contributed by atoms with van der Waals surface area (Å²) in [5.41, 5.74) is 25.7. The highest BCUT2D eigenvalue weighted by Crippen LogP contribution is 2.43. The van der Waals surface area contributed by atoms with Crippen molar-refractivity contribution in [1.29, 1.82) is 0 Å². The second kappa shape index (κ2) is 12.3. The Hall–Kier alpha value is -4.68. The van der Waals surface area contributed by atoms with E-state index in [1.807, 2.05) is 0 Å². The van der Waals surface area contributed by atoms with Gasteiger partial charge >= 0.3 is 0 Å². The van der Waals surface area contributed by atoms with Crippen molar-refractivity contribution in [1.82, 2.24) is 0 Å². The Bertz CT molecular complexity index is 1900. The lowest BCUT2D eigenvalue weighted by Gasteiger charge is -2.21. The minimum Gasteiger partial charge on any atom is -0.0563 e. The van der Waals surface area contributed by atoms with E-state index in [0.29, 0.717) is 0 Å². The van der Waals surface area contributed by atoms with E-state index in [9.17, 15) is 0 Å². The van der Waals surface area contributed by atoms with Crippen LogP contribution in [0.2, 0.25) is 0 Å². The molecule has 0 heteroatoms. The van der Waals surface area contributed by atoms with Crippen LogP contribution in [0.1, 0.15) is 55.6 Å². The van der Waals surface area contributed by atoms with Crippen LogP contribution in [0.3, 0.4) is 0 Å². The van der Waals surface area contributed by atoms with E-state index in [-0.39, 0.29) is 0 Å². The molecule has 0 aliphatic rings. The first-order chi connectivity index (χ1) is 21.8. The standard InChI is InChI=1S/C46H46/c1-27-11-28(2)16-37(15-27)39-23-43(41-19-31(5)13-32(6)20-41)35(9)45(25-39)46-26-40(38-17-29(3)12-30(4)18-38)24-44(36(46)10)42-21-33(7)14-34(8)22-42/h11-26H,1-10H3. The van der Waals surface area contributed by atoms with Crippen molar-refractivity contribution >= 4 is 0 Å². The van der Waals surface area contributed by atoms with Crippen molar-refractivity contribution in [3.05, 3.63) is 153 Å². The predicted octanol–water partition coefficient (Wildman–Crippen LogP) is 13.1. The van der Waals surface area contributed by atoms with Crippen LogP contribution in [0.15, 0.2) is 97.1 Å². The molecule has 230 valence electrons. The number of benzene rings is 6. The first-order valence-electron chi connectivity index (χ1n) is 16.5. The third-order valence-electron chi connectivity index (χ3n) is 9.28. The number of rotatable bonds is 5. The Balaban J connectivity index is 1.71. The van der Waals surface area contributed by atoms with Crippen molar-refractivity contribution in [2.45, 2.75) is 69.2 Å². The molecule has 46 heavy (non-hydrogen) atoms. The summed E-state index contributed by atoms with van der Waals surface area (Å²) in [6.45, 7) is 22.2. The minimum atomic E-state index is 1.26. The summed E-state index contributed by atoms with van der Waals surface area (Å²) in [5, 5.41) is 0. The fourth-order valence-corrected chi connectivity index (χ4v) is 7.46. The van der Waals surface area contributed by atoms with Crippen molar-refractivity contribution in [2.75, 3.05) is 0 Å². The first-order valence-corrected chi connectivity index (χ1v) is 16.5. The molecule has 0 amide bonds. The van der Waals surface area contributed by atoms with Crippen LogP contribution in [-0.2, 0) is 0 Å². The molecule has 0 bridgehead atoms. The number of hydrogen-bond acceptors (Lipinski definition) is 0. The molecule has 0 atom stereocenters. The molecule has 0 aliphatic carbocycles. The molecule has 6 rings (SSSR count). The van der Waals surface area contributed by atoms with Gasteiger partial charge in [0, 0.05) is 0 Å². The van der Waals surface area contributed by atoms with Crippen molar-refractivity contribution < 1.29 is 0 Å². The van der Waals surface area contributed by atoms with E-state index < -0.39 is 0 Å². The molecule has 0 fully saturated rings. The minimum absolute atomic E-state index is 1.26. The normalized spacial score (nSPS) is 11.3. The molecule has 0 heterocycles. The molecule has 0 nitrogen and oxygen atoms in total. The monoisotopic (exact) mass is 598 g/mol. The molecule has 0 unspecified atom stereocenters. The van der Waals surface area contributed by atoms with Gasteiger partial charge in [0.25, 0.3) is 0 Å². The van der Waals surface area contributed by atoms with Crippen LogP contribution in [-0.4, -0.2) is 0 Å². The maximum atomic E-state index is 2.44. The Morgan fingerprint density at radius 2 is 0.391 bits per heavy atom. The lowest BCUT2D eigenvalue weighted by Crippen LogP contribution is -1.97. The quantitative estimate of drug-likeness (QED) is 0.185. The number of hydrogen-bond donors (Lipinski definition) is 0. The summed E-state index contributed by atoms with van der Waals surface area (Å²) in [7, 11) is 0. The third-order valence-corrected chi connectivity index (χ3v) is 9.28. The molecule has 0 radical (unpaired) electrons. The zero-order chi connectivity index (χ0) is 32.9. The van der Waals surface area contributed by atoms with E-state index >= 15 is 0 Å². The fraction of sp³-hybridized carbons (Fsp3) is 0.217. The van der Waals surface area contributed by atoms with Crippen molar-refractivity contribution in [3.63, 3.8) is 0 Å². The van der Waals surface area contributed by atoms with Crippen molar-refractivity contribution in [3.8, 4) is 55.6 Å². The molecule has 0 aliphatic heterocycles. The summed E-state index contributed by atoms with van der Waals surface area (Å²) < 4.78 is 0. The number of aryl methyl sites for hydroxylation is 8. The molecule has 6 aromatic carbocycles. The second-order valence-electron chi connectivity index (χ2n) is 13.9. The Morgan fingerprint density at radius 1 is 0.196 bits per heavy atom. The first kappa shape index (κ1) is 31.3. The Morgan fingerprint density at radius 3 is 0.652 bits per heavy atom. The van der Waals surface area contributed by atoms with Gasteiger partial charge in [0.15, 0.2) is 0 Å². The summed E-state index contributed by atoms with van der Waals surface area (Å²) in [6, 6.07) is 37.4. The average Bonchev–Trinajstić information content (AvgIpc) is 2.95. The molecular formula is C46H46. The summed E-state index contributed by atoms with van der Waals surface area (Å²) in [4.78, 5) is 0. The SMILES string of the molecule is Cc1cc(C)cc(-c2cc(-c3cc(C)cc(C)c3)c(C)c(-c3cc(-c4cc(C)cc(C)c4)cc(-c4cc(C)cc(C)c4)c3C)c2)c1. The molecule has 6 aromatic rings. The van der Waals surface area contributed by atoms with Gasteiger partial charge in [-0.3, -0.25) is 0 Å². The fourth-order valence-electron chi connectivity index (χ4n) is 7.46. The van der Waals surface area contributed by atoms with Gasteiger partial charge in [0.05, 0.1) is 0 Å². The molecular weight excluding hydrogens is 553 g/mol. The van der Waals surface area contributed by atoms with E-state index in [1.54, 1.807) is 0 Å². The largest absolute Gasteiger partial charge is 0.0563 e.